The Balaban J connectivity index is 1.63. The van der Waals surface area contributed by atoms with Crippen molar-refractivity contribution in [2.45, 2.75) is 52.9 Å². The van der Waals surface area contributed by atoms with E-state index < -0.39 is 0 Å². The highest BCUT2D eigenvalue weighted by Crippen LogP contribution is 2.30. The van der Waals surface area contributed by atoms with Crippen LogP contribution in [0.4, 0.5) is 5.69 Å². The van der Waals surface area contributed by atoms with Crippen molar-refractivity contribution in [1.29, 1.82) is 0 Å². The van der Waals surface area contributed by atoms with Gasteiger partial charge < -0.3 is 4.90 Å². The SMILES string of the molecule is Cc1cc(CC2CCC(=O)NC2=O)ccc1N1CCC(C(C)C)CC1. The lowest BCUT2D eigenvalue weighted by Crippen LogP contribution is -2.41. The van der Waals surface area contributed by atoms with E-state index in [1.165, 1.54) is 29.7 Å². The number of benzene rings is 1. The van der Waals surface area contributed by atoms with Crippen LogP contribution in [-0.4, -0.2) is 24.9 Å². The second-order valence-electron chi connectivity index (χ2n) is 8.04. The van der Waals surface area contributed by atoms with Gasteiger partial charge in [-0.15, -0.1) is 0 Å². The Kier molecular flexibility index (Phi) is 5.45. The first-order chi connectivity index (χ1) is 11.9. The van der Waals surface area contributed by atoms with E-state index in [9.17, 15) is 9.59 Å². The lowest BCUT2D eigenvalue weighted by Gasteiger charge is -2.36. The first-order valence-corrected chi connectivity index (χ1v) is 9.62. The number of rotatable bonds is 4. The molecule has 4 nitrogen and oxygen atoms in total. The summed E-state index contributed by atoms with van der Waals surface area (Å²) in [5.74, 6) is 1.29. The van der Waals surface area contributed by atoms with Gasteiger partial charge in [0.1, 0.15) is 0 Å². The number of imide groups is 1. The third kappa shape index (κ3) is 4.23. The molecule has 1 aromatic carbocycles. The molecular formula is C21H30N2O2. The molecule has 0 saturated carbocycles. The zero-order chi connectivity index (χ0) is 18.0. The topological polar surface area (TPSA) is 49.4 Å². The Morgan fingerprint density at radius 1 is 1.16 bits per heavy atom. The van der Waals surface area contributed by atoms with Crippen molar-refractivity contribution < 1.29 is 9.59 Å². The molecule has 136 valence electrons. The molecule has 0 spiro atoms. The number of nitrogens with zero attached hydrogens (tertiary/aromatic N) is 1. The summed E-state index contributed by atoms with van der Waals surface area (Å²) in [5.41, 5.74) is 3.80. The van der Waals surface area contributed by atoms with Gasteiger partial charge in [0.2, 0.25) is 11.8 Å². The summed E-state index contributed by atoms with van der Waals surface area (Å²) in [6.45, 7) is 9.09. The van der Waals surface area contributed by atoms with Crippen LogP contribution >= 0.6 is 0 Å². The van der Waals surface area contributed by atoms with Gasteiger partial charge in [-0.2, -0.15) is 0 Å². The Bertz CT molecular complexity index is 645. The fourth-order valence-corrected chi connectivity index (χ4v) is 4.22. The highest BCUT2D eigenvalue weighted by molar-refractivity contribution is 5.98. The van der Waals surface area contributed by atoms with Crippen molar-refractivity contribution >= 4 is 17.5 Å². The van der Waals surface area contributed by atoms with E-state index in [4.69, 9.17) is 0 Å². The second-order valence-corrected chi connectivity index (χ2v) is 8.04. The number of piperidine rings is 2. The number of amides is 2. The van der Waals surface area contributed by atoms with Gasteiger partial charge in [0.15, 0.2) is 0 Å². The quantitative estimate of drug-likeness (QED) is 0.853. The van der Waals surface area contributed by atoms with E-state index in [2.05, 4.69) is 49.2 Å². The number of carbonyl (C=O) groups is 2. The van der Waals surface area contributed by atoms with Crippen molar-refractivity contribution in [1.82, 2.24) is 5.32 Å². The molecular weight excluding hydrogens is 312 g/mol. The lowest BCUT2D eigenvalue weighted by molar-refractivity contribution is -0.136. The minimum absolute atomic E-state index is 0.0789. The number of carbonyl (C=O) groups excluding carboxylic acids is 2. The average Bonchev–Trinajstić information content (AvgIpc) is 2.58. The molecule has 2 amide bonds. The van der Waals surface area contributed by atoms with Gasteiger partial charge in [-0.3, -0.25) is 14.9 Å². The summed E-state index contributed by atoms with van der Waals surface area (Å²) in [7, 11) is 0. The highest BCUT2D eigenvalue weighted by Gasteiger charge is 2.27. The van der Waals surface area contributed by atoms with Crippen LogP contribution < -0.4 is 10.2 Å². The van der Waals surface area contributed by atoms with Gasteiger partial charge in [-0.1, -0.05) is 26.0 Å². The number of aryl methyl sites for hydroxylation is 1. The number of hydrogen-bond acceptors (Lipinski definition) is 3. The first-order valence-electron chi connectivity index (χ1n) is 9.62. The maximum Gasteiger partial charge on any atom is 0.230 e. The molecule has 1 N–H and O–H groups in total. The van der Waals surface area contributed by atoms with Crippen LogP contribution in [0.2, 0.25) is 0 Å². The molecule has 1 unspecified atom stereocenters. The Morgan fingerprint density at radius 3 is 2.48 bits per heavy atom. The molecule has 2 heterocycles. The van der Waals surface area contributed by atoms with Crippen molar-refractivity contribution in [3.8, 4) is 0 Å². The maximum absolute atomic E-state index is 12.0. The Morgan fingerprint density at radius 2 is 1.88 bits per heavy atom. The molecule has 0 aromatic heterocycles. The molecule has 0 radical (unpaired) electrons. The normalized spacial score (nSPS) is 22.4. The number of anilines is 1. The summed E-state index contributed by atoms with van der Waals surface area (Å²) >= 11 is 0. The summed E-state index contributed by atoms with van der Waals surface area (Å²) in [6.07, 6.45) is 4.38. The smallest absolute Gasteiger partial charge is 0.230 e. The molecule has 2 aliphatic rings. The Hall–Kier alpha value is -1.84. The van der Waals surface area contributed by atoms with Gasteiger partial charge in [0, 0.05) is 31.1 Å². The van der Waals surface area contributed by atoms with E-state index in [0.29, 0.717) is 12.8 Å². The van der Waals surface area contributed by atoms with E-state index in [1.807, 2.05) is 0 Å². The van der Waals surface area contributed by atoms with Crippen LogP contribution in [-0.2, 0) is 16.0 Å². The fraction of sp³-hybridized carbons (Fsp3) is 0.619. The summed E-state index contributed by atoms with van der Waals surface area (Å²) in [5, 5.41) is 2.45. The largest absolute Gasteiger partial charge is 0.371 e. The molecule has 3 rings (SSSR count). The molecule has 25 heavy (non-hydrogen) atoms. The van der Waals surface area contributed by atoms with Crippen molar-refractivity contribution in [3.63, 3.8) is 0 Å². The molecule has 0 bridgehead atoms. The highest BCUT2D eigenvalue weighted by atomic mass is 16.2. The number of nitrogens with one attached hydrogen (secondary N) is 1. The Labute approximate surface area is 151 Å². The molecule has 4 heteroatoms. The zero-order valence-corrected chi connectivity index (χ0v) is 15.7. The van der Waals surface area contributed by atoms with Crippen LogP contribution in [0.3, 0.4) is 0 Å². The van der Waals surface area contributed by atoms with Gasteiger partial charge >= 0.3 is 0 Å². The molecule has 2 fully saturated rings. The van der Waals surface area contributed by atoms with Crippen LogP contribution in [0, 0.1) is 24.7 Å². The van der Waals surface area contributed by atoms with Crippen LogP contribution in [0.5, 0.6) is 0 Å². The van der Waals surface area contributed by atoms with E-state index in [1.54, 1.807) is 0 Å². The zero-order valence-electron chi connectivity index (χ0n) is 15.7. The molecule has 2 aliphatic heterocycles. The summed E-state index contributed by atoms with van der Waals surface area (Å²) in [4.78, 5) is 25.7. The monoisotopic (exact) mass is 342 g/mol. The molecule has 0 aliphatic carbocycles. The van der Waals surface area contributed by atoms with Crippen LogP contribution in [0.25, 0.3) is 0 Å². The van der Waals surface area contributed by atoms with E-state index in [0.717, 1.165) is 31.3 Å². The second kappa shape index (κ2) is 7.59. The third-order valence-corrected chi connectivity index (χ3v) is 5.92. The summed E-state index contributed by atoms with van der Waals surface area (Å²) < 4.78 is 0. The average molecular weight is 342 g/mol. The standard InChI is InChI=1S/C21H30N2O2/c1-14(2)17-8-10-23(11-9-17)19-6-4-16(12-15(19)3)13-18-5-7-20(24)22-21(18)25/h4,6,12,14,17-18H,5,7-11,13H2,1-3H3,(H,22,24,25). The lowest BCUT2D eigenvalue weighted by atomic mass is 9.86. The molecule has 1 aromatic rings. The summed E-state index contributed by atoms with van der Waals surface area (Å²) in [6, 6.07) is 6.58. The minimum atomic E-state index is -0.141. The van der Waals surface area contributed by atoms with Crippen LogP contribution in [0.1, 0.15) is 50.7 Å². The fourth-order valence-electron chi connectivity index (χ4n) is 4.22. The van der Waals surface area contributed by atoms with Gasteiger partial charge in [-0.25, -0.2) is 0 Å². The van der Waals surface area contributed by atoms with Gasteiger partial charge in [-0.05, 0) is 61.6 Å². The van der Waals surface area contributed by atoms with Crippen molar-refractivity contribution in [2.75, 3.05) is 18.0 Å². The third-order valence-electron chi connectivity index (χ3n) is 5.92. The molecule has 1 atom stereocenters. The first kappa shape index (κ1) is 18.0. The molecule has 2 saturated heterocycles. The predicted molar refractivity (Wildman–Crippen MR) is 101 cm³/mol. The predicted octanol–water partition coefficient (Wildman–Crippen LogP) is 3.46. The minimum Gasteiger partial charge on any atom is -0.371 e. The van der Waals surface area contributed by atoms with Gasteiger partial charge in [0.05, 0.1) is 0 Å². The van der Waals surface area contributed by atoms with Crippen LogP contribution in [0.15, 0.2) is 18.2 Å². The number of hydrogen-bond donors (Lipinski definition) is 1. The van der Waals surface area contributed by atoms with Crippen molar-refractivity contribution in [3.05, 3.63) is 29.3 Å². The maximum atomic E-state index is 12.0. The van der Waals surface area contributed by atoms with E-state index in [-0.39, 0.29) is 17.7 Å². The van der Waals surface area contributed by atoms with Crippen molar-refractivity contribution in [2.24, 2.45) is 17.8 Å². The van der Waals surface area contributed by atoms with Gasteiger partial charge in [0.25, 0.3) is 0 Å². The van der Waals surface area contributed by atoms with E-state index >= 15 is 0 Å².